The molecule has 96 valence electrons. The minimum atomic E-state index is 0.751. The molecule has 0 amide bonds. The highest BCUT2D eigenvalue weighted by molar-refractivity contribution is 5.46. The van der Waals surface area contributed by atoms with Crippen LogP contribution < -0.4 is 5.32 Å². The summed E-state index contributed by atoms with van der Waals surface area (Å²) in [6.07, 6.45) is 7.12. The van der Waals surface area contributed by atoms with Gasteiger partial charge < -0.3 is 9.88 Å². The van der Waals surface area contributed by atoms with Crippen LogP contribution in [-0.2, 0) is 19.4 Å². The molecule has 0 aliphatic heterocycles. The standard InChI is InChI=1S/C13H19N5/c1-4-10-11(16-9-17-13(10)14-3)8-12-15-6-7-18(12)5-2/h6-7,9H,4-5,8H2,1-3H3,(H,14,16,17). The van der Waals surface area contributed by atoms with Crippen molar-refractivity contribution >= 4 is 5.82 Å². The maximum atomic E-state index is 4.40. The molecule has 1 N–H and O–H groups in total. The van der Waals surface area contributed by atoms with Gasteiger partial charge in [0.1, 0.15) is 18.0 Å². The molecule has 18 heavy (non-hydrogen) atoms. The lowest BCUT2D eigenvalue weighted by Gasteiger charge is -2.11. The summed E-state index contributed by atoms with van der Waals surface area (Å²) in [5, 5.41) is 3.12. The lowest BCUT2D eigenvalue weighted by atomic mass is 10.1. The largest absolute Gasteiger partial charge is 0.373 e. The Balaban J connectivity index is 2.34. The average molecular weight is 245 g/mol. The van der Waals surface area contributed by atoms with Gasteiger partial charge in [0.15, 0.2) is 0 Å². The van der Waals surface area contributed by atoms with Crippen molar-refractivity contribution in [2.45, 2.75) is 33.2 Å². The van der Waals surface area contributed by atoms with Crippen molar-refractivity contribution in [1.82, 2.24) is 19.5 Å². The zero-order chi connectivity index (χ0) is 13.0. The van der Waals surface area contributed by atoms with Crippen molar-refractivity contribution in [3.63, 3.8) is 0 Å². The minimum absolute atomic E-state index is 0.751. The summed E-state index contributed by atoms with van der Waals surface area (Å²) in [5.41, 5.74) is 2.23. The molecule has 2 heterocycles. The molecule has 0 aliphatic carbocycles. The van der Waals surface area contributed by atoms with Gasteiger partial charge >= 0.3 is 0 Å². The molecule has 0 fully saturated rings. The molecule has 0 bridgehead atoms. The third-order valence-electron chi connectivity index (χ3n) is 3.09. The molecule has 5 nitrogen and oxygen atoms in total. The number of hydrogen-bond donors (Lipinski definition) is 1. The second-order valence-electron chi connectivity index (χ2n) is 4.06. The van der Waals surface area contributed by atoms with E-state index in [2.05, 4.69) is 38.7 Å². The van der Waals surface area contributed by atoms with Gasteiger partial charge in [-0.2, -0.15) is 0 Å². The van der Waals surface area contributed by atoms with Crippen molar-refractivity contribution in [3.05, 3.63) is 35.8 Å². The normalized spacial score (nSPS) is 10.6. The number of aromatic nitrogens is 4. The summed E-state index contributed by atoms with van der Waals surface area (Å²) in [4.78, 5) is 13.1. The van der Waals surface area contributed by atoms with Crippen LogP contribution >= 0.6 is 0 Å². The number of aryl methyl sites for hydroxylation is 1. The van der Waals surface area contributed by atoms with Crippen LogP contribution in [0.5, 0.6) is 0 Å². The number of imidazole rings is 1. The first-order valence-electron chi connectivity index (χ1n) is 6.30. The second kappa shape index (κ2) is 5.62. The Bertz CT molecular complexity index is 518. The number of nitrogens with zero attached hydrogens (tertiary/aromatic N) is 4. The van der Waals surface area contributed by atoms with Gasteiger partial charge in [-0.25, -0.2) is 15.0 Å². The van der Waals surface area contributed by atoms with Gasteiger partial charge in [-0.15, -0.1) is 0 Å². The van der Waals surface area contributed by atoms with Crippen LogP contribution in [-0.4, -0.2) is 26.6 Å². The molecule has 0 unspecified atom stereocenters. The molecule has 0 radical (unpaired) electrons. The van der Waals surface area contributed by atoms with E-state index in [1.165, 1.54) is 5.56 Å². The monoisotopic (exact) mass is 245 g/mol. The molecular weight excluding hydrogens is 226 g/mol. The van der Waals surface area contributed by atoms with E-state index in [9.17, 15) is 0 Å². The lowest BCUT2D eigenvalue weighted by molar-refractivity contribution is 0.705. The molecule has 0 saturated carbocycles. The van der Waals surface area contributed by atoms with Crippen molar-refractivity contribution in [1.29, 1.82) is 0 Å². The van der Waals surface area contributed by atoms with Crippen molar-refractivity contribution in [2.75, 3.05) is 12.4 Å². The average Bonchev–Trinajstić information content (AvgIpc) is 2.85. The summed E-state index contributed by atoms with van der Waals surface area (Å²) >= 11 is 0. The fourth-order valence-electron chi connectivity index (χ4n) is 2.13. The smallest absolute Gasteiger partial charge is 0.132 e. The Kier molecular flexibility index (Phi) is 3.92. The van der Waals surface area contributed by atoms with Gasteiger partial charge in [-0.05, 0) is 13.3 Å². The van der Waals surface area contributed by atoms with Crippen molar-refractivity contribution < 1.29 is 0 Å². The molecule has 0 atom stereocenters. The summed E-state index contributed by atoms with van der Waals surface area (Å²) in [5.74, 6) is 1.96. The maximum absolute atomic E-state index is 4.40. The van der Waals surface area contributed by atoms with E-state index in [1.54, 1.807) is 6.33 Å². The first-order valence-corrected chi connectivity index (χ1v) is 6.30. The summed E-state index contributed by atoms with van der Waals surface area (Å²) in [6.45, 7) is 5.17. The SMILES string of the molecule is CCc1c(Cc2nccn2CC)ncnc1NC. The zero-order valence-electron chi connectivity index (χ0n) is 11.1. The van der Waals surface area contributed by atoms with E-state index in [-0.39, 0.29) is 0 Å². The van der Waals surface area contributed by atoms with Crippen LogP contribution in [0.3, 0.4) is 0 Å². The van der Waals surface area contributed by atoms with Gasteiger partial charge in [-0.3, -0.25) is 0 Å². The van der Waals surface area contributed by atoms with E-state index in [0.717, 1.165) is 36.7 Å². The summed E-state index contributed by atoms with van der Waals surface area (Å²) in [7, 11) is 1.89. The summed E-state index contributed by atoms with van der Waals surface area (Å²) < 4.78 is 2.14. The van der Waals surface area contributed by atoms with Crippen molar-refractivity contribution in [2.24, 2.45) is 0 Å². The fraction of sp³-hybridized carbons (Fsp3) is 0.462. The van der Waals surface area contributed by atoms with E-state index in [4.69, 9.17) is 0 Å². The lowest BCUT2D eigenvalue weighted by Crippen LogP contribution is -2.08. The van der Waals surface area contributed by atoms with Crippen LogP contribution in [0.25, 0.3) is 0 Å². The Labute approximate surface area is 107 Å². The van der Waals surface area contributed by atoms with Crippen molar-refractivity contribution in [3.8, 4) is 0 Å². The minimum Gasteiger partial charge on any atom is -0.373 e. The van der Waals surface area contributed by atoms with Crippen LogP contribution in [0, 0.1) is 0 Å². The number of nitrogens with one attached hydrogen (secondary N) is 1. The molecule has 0 saturated heterocycles. The molecule has 5 heteroatoms. The highest BCUT2D eigenvalue weighted by atomic mass is 15.1. The Morgan fingerprint density at radius 2 is 2.06 bits per heavy atom. The Morgan fingerprint density at radius 3 is 2.72 bits per heavy atom. The molecule has 2 aromatic rings. The number of rotatable bonds is 5. The third kappa shape index (κ3) is 2.34. The van der Waals surface area contributed by atoms with E-state index >= 15 is 0 Å². The second-order valence-corrected chi connectivity index (χ2v) is 4.06. The highest BCUT2D eigenvalue weighted by Gasteiger charge is 2.11. The van der Waals surface area contributed by atoms with Crippen LogP contribution in [0.15, 0.2) is 18.7 Å². The van der Waals surface area contributed by atoms with E-state index in [1.807, 2.05) is 19.4 Å². The first-order chi connectivity index (χ1) is 8.80. The highest BCUT2D eigenvalue weighted by Crippen LogP contribution is 2.18. The number of anilines is 1. The maximum Gasteiger partial charge on any atom is 0.132 e. The number of hydrogen-bond acceptors (Lipinski definition) is 4. The molecule has 0 aliphatic rings. The van der Waals surface area contributed by atoms with Crippen LogP contribution in [0.2, 0.25) is 0 Å². The van der Waals surface area contributed by atoms with Crippen LogP contribution in [0.4, 0.5) is 5.82 Å². The van der Waals surface area contributed by atoms with E-state index < -0.39 is 0 Å². The third-order valence-corrected chi connectivity index (χ3v) is 3.09. The quantitative estimate of drug-likeness (QED) is 0.874. The van der Waals surface area contributed by atoms with Gasteiger partial charge in [0.25, 0.3) is 0 Å². The molecule has 2 aromatic heterocycles. The molecule has 0 spiro atoms. The predicted molar refractivity (Wildman–Crippen MR) is 71.7 cm³/mol. The van der Waals surface area contributed by atoms with Gasteiger partial charge in [-0.1, -0.05) is 6.92 Å². The van der Waals surface area contributed by atoms with Gasteiger partial charge in [0, 0.05) is 38.0 Å². The predicted octanol–water partition coefficient (Wildman–Crippen LogP) is 1.89. The summed E-state index contributed by atoms with van der Waals surface area (Å²) in [6, 6.07) is 0. The zero-order valence-corrected chi connectivity index (χ0v) is 11.1. The Hall–Kier alpha value is -1.91. The molecule has 2 rings (SSSR count). The topological polar surface area (TPSA) is 55.6 Å². The van der Waals surface area contributed by atoms with E-state index in [0.29, 0.717) is 0 Å². The van der Waals surface area contributed by atoms with Gasteiger partial charge in [0.05, 0.1) is 5.69 Å². The first kappa shape index (κ1) is 12.5. The molecule has 0 aromatic carbocycles. The Morgan fingerprint density at radius 1 is 1.22 bits per heavy atom. The fourth-order valence-corrected chi connectivity index (χ4v) is 2.13. The van der Waals surface area contributed by atoms with Crippen LogP contribution in [0.1, 0.15) is 30.9 Å². The van der Waals surface area contributed by atoms with Gasteiger partial charge in [0.2, 0.25) is 0 Å². The molecular formula is C13H19N5.